The maximum absolute atomic E-state index is 13.2. The zero-order valence-corrected chi connectivity index (χ0v) is 13.3. The van der Waals surface area contributed by atoms with Crippen molar-refractivity contribution in [1.29, 1.82) is 0 Å². The Balaban J connectivity index is 2.63. The van der Waals surface area contributed by atoms with Crippen LogP contribution >= 0.6 is 0 Å². The lowest BCUT2D eigenvalue weighted by Crippen LogP contribution is -2.56. The Bertz CT molecular complexity index is 650. The van der Waals surface area contributed by atoms with Gasteiger partial charge in [-0.1, -0.05) is 12.1 Å². The molecule has 128 valence electrons. The number of piperidine rings is 1. The molecule has 2 rings (SSSR count). The number of likely N-dealkylation sites (tertiary alicyclic amines) is 1. The lowest BCUT2D eigenvalue weighted by molar-refractivity contribution is -0.169. The summed E-state index contributed by atoms with van der Waals surface area (Å²) in [4.78, 5) is 49.8. The Labute approximate surface area is 137 Å². The van der Waals surface area contributed by atoms with E-state index in [1.807, 2.05) is 0 Å². The number of imide groups is 1. The van der Waals surface area contributed by atoms with E-state index in [9.17, 15) is 23.6 Å². The Hall–Kier alpha value is -2.77. The second-order valence-corrected chi connectivity index (χ2v) is 5.31. The van der Waals surface area contributed by atoms with Gasteiger partial charge in [0.2, 0.25) is 11.8 Å². The highest BCUT2D eigenvalue weighted by molar-refractivity contribution is 6.14. The Morgan fingerprint density at radius 3 is 1.75 bits per heavy atom. The van der Waals surface area contributed by atoms with E-state index >= 15 is 0 Å². The molecule has 2 amide bonds. The summed E-state index contributed by atoms with van der Waals surface area (Å²) in [5.41, 5.74) is 0.289. The van der Waals surface area contributed by atoms with Gasteiger partial charge in [-0.2, -0.15) is 0 Å². The van der Waals surface area contributed by atoms with Crippen LogP contribution in [0.4, 0.5) is 4.39 Å². The molecule has 0 N–H and O–H groups in total. The van der Waals surface area contributed by atoms with Crippen molar-refractivity contribution in [3.63, 3.8) is 0 Å². The van der Waals surface area contributed by atoms with Gasteiger partial charge < -0.3 is 9.47 Å². The first-order valence-corrected chi connectivity index (χ1v) is 7.06. The Kier molecular flexibility index (Phi) is 4.96. The predicted molar refractivity (Wildman–Crippen MR) is 77.9 cm³/mol. The number of amides is 2. The van der Waals surface area contributed by atoms with Crippen molar-refractivity contribution in [3.05, 3.63) is 35.6 Å². The fraction of sp³-hybridized carbons (Fsp3) is 0.375. The van der Waals surface area contributed by atoms with Crippen LogP contribution in [0.5, 0.6) is 0 Å². The van der Waals surface area contributed by atoms with E-state index in [0.29, 0.717) is 4.90 Å². The van der Waals surface area contributed by atoms with Crippen molar-refractivity contribution < 1.29 is 33.0 Å². The fourth-order valence-electron chi connectivity index (χ4n) is 2.84. The maximum Gasteiger partial charge on any atom is 0.318 e. The van der Waals surface area contributed by atoms with Crippen molar-refractivity contribution in [1.82, 2.24) is 4.90 Å². The second kappa shape index (κ2) is 6.77. The molecular weight excluding hydrogens is 321 g/mol. The van der Waals surface area contributed by atoms with Gasteiger partial charge in [-0.25, -0.2) is 4.39 Å². The lowest BCUT2D eigenvalue weighted by Gasteiger charge is -2.37. The first kappa shape index (κ1) is 17.6. The molecule has 1 aromatic carbocycles. The highest BCUT2D eigenvalue weighted by Crippen LogP contribution is 2.39. The van der Waals surface area contributed by atoms with Gasteiger partial charge >= 0.3 is 11.9 Å². The summed E-state index contributed by atoms with van der Waals surface area (Å²) in [7, 11) is 3.37. The molecule has 0 aliphatic carbocycles. The van der Waals surface area contributed by atoms with Crippen LogP contribution in [-0.4, -0.2) is 49.9 Å². The Morgan fingerprint density at radius 2 is 1.38 bits per heavy atom. The standard InChI is InChI=1S/C16H16FNO6/c1-18-13(19)11(15(21)23-2)10(8-4-6-9(17)7-5-8)12(14(18)20)16(22)24-3/h4-7,10-12H,1-3H3/t10-,11+,12-. The van der Waals surface area contributed by atoms with Crippen molar-refractivity contribution in [2.24, 2.45) is 11.8 Å². The zero-order chi connectivity index (χ0) is 18.0. The number of esters is 2. The van der Waals surface area contributed by atoms with Crippen LogP contribution in [0.2, 0.25) is 0 Å². The van der Waals surface area contributed by atoms with Crippen LogP contribution in [-0.2, 0) is 28.7 Å². The molecule has 0 unspecified atom stereocenters. The van der Waals surface area contributed by atoms with Crippen LogP contribution in [0.3, 0.4) is 0 Å². The van der Waals surface area contributed by atoms with Gasteiger partial charge in [-0.3, -0.25) is 24.1 Å². The summed E-state index contributed by atoms with van der Waals surface area (Å²) in [6.07, 6.45) is 0. The van der Waals surface area contributed by atoms with Crippen LogP contribution in [0, 0.1) is 17.7 Å². The van der Waals surface area contributed by atoms with Gasteiger partial charge in [0.1, 0.15) is 17.7 Å². The van der Waals surface area contributed by atoms with Crippen molar-refractivity contribution >= 4 is 23.8 Å². The normalized spacial score (nSPS) is 23.8. The van der Waals surface area contributed by atoms with E-state index in [1.165, 1.54) is 19.2 Å². The molecule has 8 heteroatoms. The third-order valence-electron chi connectivity index (χ3n) is 4.08. The zero-order valence-electron chi connectivity index (χ0n) is 13.3. The van der Waals surface area contributed by atoms with Crippen molar-refractivity contribution in [3.8, 4) is 0 Å². The second-order valence-electron chi connectivity index (χ2n) is 5.31. The van der Waals surface area contributed by atoms with Crippen molar-refractivity contribution in [2.45, 2.75) is 5.92 Å². The molecular formula is C16H16FNO6. The number of rotatable bonds is 3. The molecule has 1 aliphatic rings. The SMILES string of the molecule is COC(=O)[C@@H]1C(=O)N(C)C(=O)[C@H](C(=O)OC)[C@@H]1c1ccc(F)cc1. The summed E-state index contributed by atoms with van der Waals surface area (Å²) in [6, 6.07) is 4.87. The van der Waals surface area contributed by atoms with E-state index in [0.717, 1.165) is 26.4 Å². The minimum atomic E-state index is -1.41. The topological polar surface area (TPSA) is 90.0 Å². The van der Waals surface area contributed by atoms with Crippen LogP contribution in [0.15, 0.2) is 24.3 Å². The summed E-state index contributed by atoms with van der Waals surface area (Å²) in [5, 5.41) is 0. The Morgan fingerprint density at radius 1 is 0.958 bits per heavy atom. The number of hydrogen-bond donors (Lipinski definition) is 0. The van der Waals surface area contributed by atoms with Gasteiger partial charge in [0.25, 0.3) is 0 Å². The number of ether oxygens (including phenoxy) is 2. The average Bonchev–Trinajstić information content (AvgIpc) is 2.59. The molecule has 0 aromatic heterocycles. The molecule has 24 heavy (non-hydrogen) atoms. The number of methoxy groups -OCH3 is 2. The molecule has 0 spiro atoms. The van der Waals surface area contributed by atoms with E-state index in [1.54, 1.807) is 0 Å². The lowest BCUT2D eigenvalue weighted by atomic mass is 9.72. The van der Waals surface area contributed by atoms with Crippen LogP contribution in [0.25, 0.3) is 0 Å². The largest absolute Gasteiger partial charge is 0.468 e. The van der Waals surface area contributed by atoms with E-state index < -0.39 is 47.3 Å². The summed E-state index contributed by atoms with van der Waals surface area (Å²) in [6.45, 7) is 0. The first-order valence-electron chi connectivity index (χ1n) is 7.06. The molecule has 1 aliphatic heterocycles. The first-order chi connectivity index (χ1) is 11.3. The number of carbonyl (C=O) groups is 4. The number of benzene rings is 1. The molecule has 1 heterocycles. The molecule has 1 saturated heterocycles. The summed E-state index contributed by atoms with van der Waals surface area (Å²) in [5.74, 6) is -7.84. The summed E-state index contributed by atoms with van der Waals surface area (Å²) >= 11 is 0. The monoisotopic (exact) mass is 337 g/mol. The molecule has 3 atom stereocenters. The van der Waals surface area contributed by atoms with Gasteiger partial charge in [-0.15, -0.1) is 0 Å². The van der Waals surface area contributed by atoms with E-state index in [-0.39, 0.29) is 5.56 Å². The van der Waals surface area contributed by atoms with E-state index in [2.05, 4.69) is 9.47 Å². The molecule has 0 radical (unpaired) electrons. The number of nitrogens with zero attached hydrogens (tertiary/aromatic N) is 1. The number of hydrogen-bond acceptors (Lipinski definition) is 6. The quantitative estimate of drug-likeness (QED) is 0.453. The minimum Gasteiger partial charge on any atom is -0.468 e. The highest BCUT2D eigenvalue weighted by atomic mass is 19.1. The molecule has 1 fully saturated rings. The van der Waals surface area contributed by atoms with Crippen LogP contribution in [0.1, 0.15) is 11.5 Å². The van der Waals surface area contributed by atoms with Gasteiger partial charge in [0, 0.05) is 13.0 Å². The van der Waals surface area contributed by atoms with Crippen molar-refractivity contribution in [2.75, 3.05) is 21.3 Å². The number of carbonyl (C=O) groups excluding carboxylic acids is 4. The maximum atomic E-state index is 13.2. The van der Waals surface area contributed by atoms with E-state index in [4.69, 9.17) is 0 Å². The van der Waals surface area contributed by atoms with Gasteiger partial charge in [0.05, 0.1) is 14.2 Å². The predicted octanol–water partition coefficient (Wildman–Crippen LogP) is 0.486. The van der Waals surface area contributed by atoms with Crippen LogP contribution < -0.4 is 0 Å². The summed E-state index contributed by atoms with van der Waals surface area (Å²) < 4.78 is 22.5. The molecule has 1 aromatic rings. The number of halogens is 1. The molecule has 0 saturated carbocycles. The average molecular weight is 337 g/mol. The third-order valence-corrected chi connectivity index (χ3v) is 4.08. The fourth-order valence-corrected chi connectivity index (χ4v) is 2.84. The highest BCUT2D eigenvalue weighted by Gasteiger charge is 2.54. The van der Waals surface area contributed by atoms with Gasteiger partial charge in [-0.05, 0) is 17.7 Å². The molecule has 0 bridgehead atoms. The third kappa shape index (κ3) is 2.86. The molecule has 7 nitrogen and oxygen atoms in total. The minimum absolute atomic E-state index is 0.289. The van der Waals surface area contributed by atoms with Gasteiger partial charge in [0.15, 0.2) is 0 Å². The smallest absolute Gasteiger partial charge is 0.318 e.